The Kier molecular flexibility index (Phi) is 5.57. The highest BCUT2D eigenvalue weighted by Gasteiger charge is 2.38. The van der Waals surface area contributed by atoms with Gasteiger partial charge in [0.15, 0.2) is 17.3 Å². The molecule has 34 heavy (non-hydrogen) atoms. The lowest BCUT2D eigenvalue weighted by Crippen LogP contribution is -2.32. The number of fused-ring (bicyclic) bond motifs is 1. The number of Topliss-reactive ketones (excluding diaryl/α,β-unsaturated/α-hetero) is 1. The third-order valence-corrected chi connectivity index (χ3v) is 6.32. The molecule has 2 heterocycles. The van der Waals surface area contributed by atoms with Gasteiger partial charge in [-0.25, -0.2) is 4.68 Å². The summed E-state index contributed by atoms with van der Waals surface area (Å²) in [6.45, 7) is 1.99. The Balaban J connectivity index is 1.58. The van der Waals surface area contributed by atoms with Gasteiger partial charge in [-0.1, -0.05) is 23.8 Å². The summed E-state index contributed by atoms with van der Waals surface area (Å²) in [6.07, 6.45) is 3.53. The van der Waals surface area contributed by atoms with Crippen molar-refractivity contribution in [2.24, 2.45) is 0 Å². The summed E-state index contributed by atoms with van der Waals surface area (Å²) in [7, 11) is 3.16. The Morgan fingerprint density at radius 2 is 1.85 bits per heavy atom. The van der Waals surface area contributed by atoms with E-state index in [1.165, 1.54) is 0 Å². The van der Waals surface area contributed by atoms with E-state index in [9.17, 15) is 9.59 Å². The summed E-state index contributed by atoms with van der Waals surface area (Å²) in [5, 5.41) is 10.8. The molecule has 0 spiro atoms. The van der Waals surface area contributed by atoms with Crippen LogP contribution in [0.2, 0.25) is 0 Å². The summed E-state index contributed by atoms with van der Waals surface area (Å²) in [4.78, 5) is 26.2. The lowest BCUT2D eigenvalue weighted by molar-refractivity contribution is -0.116. The molecule has 0 saturated carbocycles. The van der Waals surface area contributed by atoms with Gasteiger partial charge in [0, 0.05) is 23.4 Å². The number of hydrogen-bond acceptors (Lipinski definition) is 6. The predicted molar refractivity (Wildman–Crippen MR) is 129 cm³/mol. The van der Waals surface area contributed by atoms with Gasteiger partial charge in [-0.2, -0.15) is 5.10 Å². The molecule has 2 aromatic carbocycles. The molecule has 1 aromatic heterocycles. The Morgan fingerprint density at radius 3 is 2.59 bits per heavy atom. The van der Waals surface area contributed by atoms with Crippen molar-refractivity contribution in [1.82, 2.24) is 9.78 Å². The number of ether oxygens (including phenoxy) is 2. The number of nitrogens with zero attached hydrogens (tertiary/aromatic N) is 2. The van der Waals surface area contributed by atoms with Crippen molar-refractivity contribution >= 4 is 23.2 Å². The molecule has 2 N–H and O–H groups in total. The fraction of sp³-hybridized carbons (Fsp3) is 0.269. The SMILES string of the molecule is COc1ccc([C@H]2C3=C(CCCC3=O)Nc3c(C(=O)Nc4ccc(C)cc4)cnn32)cc1OC. The molecule has 1 atom stereocenters. The minimum absolute atomic E-state index is 0.0836. The molecule has 5 rings (SSSR count). The van der Waals surface area contributed by atoms with Gasteiger partial charge in [0.05, 0.1) is 20.4 Å². The van der Waals surface area contributed by atoms with Crippen LogP contribution < -0.4 is 20.1 Å². The second kappa shape index (κ2) is 8.70. The average Bonchev–Trinajstić information content (AvgIpc) is 3.27. The predicted octanol–water partition coefficient (Wildman–Crippen LogP) is 4.48. The molecule has 2 aliphatic rings. The highest BCUT2D eigenvalue weighted by atomic mass is 16.5. The fourth-order valence-electron chi connectivity index (χ4n) is 4.59. The molecule has 8 nitrogen and oxygen atoms in total. The number of ketones is 1. The molecule has 0 radical (unpaired) electrons. The van der Waals surface area contributed by atoms with E-state index in [2.05, 4.69) is 15.7 Å². The van der Waals surface area contributed by atoms with E-state index < -0.39 is 6.04 Å². The molecule has 0 bridgehead atoms. The van der Waals surface area contributed by atoms with Gasteiger partial charge in [-0.05, 0) is 49.6 Å². The highest BCUT2D eigenvalue weighted by Crippen LogP contribution is 2.43. The molecule has 1 amide bonds. The summed E-state index contributed by atoms with van der Waals surface area (Å²) in [5.74, 6) is 1.55. The average molecular weight is 459 g/mol. The maximum atomic E-state index is 13.2. The Hall–Kier alpha value is -4.07. The van der Waals surface area contributed by atoms with E-state index in [4.69, 9.17) is 9.47 Å². The molecular formula is C26H26N4O4. The molecule has 174 valence electrons. The molecule has 0 saturated heterocycles. The van der Waals surface area contributed by atoms with Crippen LogP contribution in [0.4, 0.5) is 11.5 Å². The van der Waals surface area contributed by atoms with Crippen LogP contribution in [-0.2, 0) is 4.79 Å². The van der Waals surface area contributed by atoms with Crippen molar-refractivity contribution in [3.63, 3.8) is 0 Å². The Labute approximate surface area is 197 Å². The minimum atomic E-state index is -0.472. The first kappa shape index (κ1) is 21.8. The van der Waals surface area contributed by atoms with Crippen LogP contribution in [0.3, 0.4) is 0 Å². The van der Waals surface area contributed by atoms with Crippen molar-refractivity contribution in [1.29, 1.82) is 0 Å². The molecule has 1 aliphatic carbocycles. The number of carbonyl (C=O) groups is 2. The number of allylic oxidation sites excluding steroid dienone is 2. The quantitative estimate of drug-likeness (QED) is 0.585. The first-order chi connectivity index (χ1) is 16.5. The number of benzene rings is 2. The van der Waals surface area contributed by atoms with E-state index in [0.717, 1.165) is 29.7 Å². The number of carbonyl (C=O) groups excluding carboxylic acids is 2. The molecule has 0 fully saturated rings. The van der Waals surface area contributed by atoms with Crippen LogP contribution in [0, 0.1) is 6.92 Å². The standard InChI is InChI=1S/C26H26N4O4/c1-15-7-10-17(11-8-15)28-26(32)18-14-27-30-24(16-9-12-21(33-2)22(13-16)34-3)23-19(29-25(18)30)5-4-6-20(23)31/h7-14,24,29H,4-6H2,1-3H3,(H,28,32)/t24-/m0/s1. The number of nitrogens with one attached hydrogen (secondary N) is 2. The zero-order valence-electron chi connectivity index (χ0n) is 19.3. The highest BCUT2D eigenvalue weighted by molar-refractivity contribution is 6.08. The van der Waals surface area contributed by atoms with Crippen molar-refractivity contribution < 1.29 is 19.1 Å². The van der Waals surface area contributed by atoms with Gasteiger partial charge < -0.3 is 20.1 Å². The van der Waals surface area contributed by atoms with Gasteiger partial charge in [0.1, 0.15) is 17.4 Å². The van der Waals surface area contributed by atoms with Crippen LogP contribution >= 0.6 is 0 Å². The largest absolute Gasteiger partial charge is 0.493 e. The second-order valence-corrected chi connectivity index (χ2v) is 8.48. The third-order valence-electron chi connectivity index (χ3n) is 6.32. The second-order valence-electron chi connectivity index (χ2n) is 8.48. The lowest BCUT2D eigenvalue weighted by Gasteiger charge is -2.33. The topological polar surface area (TPSA) is 94.5 Å². The van der Waals surface area contributed by atoms with E-state index in [-0.39, 0.29) is 11.7 Å². The number of amides is 1. The summed E-state index contributed by atoms with van der Waals surface area (Å²) in [5.41, 5.74) is 4.58. The van der Waals surface area contributed by atoms with Crippen LogP contribution in [0.15, 0.2) is 59.9 Å². The van der Waals surface area contributed by atoms with Crippen LogP contribution in [0.25, 0.3) is 0 Å². The van der Waals surface area contributed by atoms with E-state index in [1.54, 1.807) is 25.1 Å². The van der Waals surface area contributed by atoms with Crippen LogP contribution in [0.5, 0.6) is 11.5 Å². The summed E-state index contributed by atoms with van der Waals surface area (Å²) >= 11 is 0. The molecule has 3 aromatic rings. The number of hydrogen-bond donors (Lipinski definition) is 2. The van der Waals surface area contributed by atoms with Crippen molar-refractivity contribution in [3.05, 3.63) is 76.6 Å². The first-order valence-electron chi connectivity index (χ1n) is 11.2. The van der Waals surface area contributed by atoms with Crippen LogP contribution in [0.1, 0.15) is 46.8 Å². The van der Waals surface area contributed by atoms with Crippen LogP contribution in [-0.4, -0.2) is 35.7 Å². The minimum Gasteiger partial charge on any atom is -0.493 e. The first-order valence-corrected chi connectivity index (χ1v) is 11.2. The molecule has 8 heteroatoms. The number of aryl methyl sites for hydroxylation is 1. The zero-order chi connectivity index (χ0) is 23.8. The van der Waals surface area contributed by atoms with Crippen molar-refractivity contribution in [3.8, 4) is 11.5 Å². The van der Waals surface area contributed by atoms with Gasteiger partial charge >= 0.3 is 0 Å². The normalized spacial score (nSPS) is 16.9. The summed E-state index contributed by atoms with van der Waals surface area (Å²) in [6, 6.07) is 12.7. The van der Waals surface area contributed by atoms with E-state index >= 15 is 0 Å². The zero-order valence-corrected chi connectivity index (χ0v) is 19.3. The van der Waals surface area contributed by atoms with Crippen molar-refractivity contribution in [2.75, 3.05) is 24.9 Å². The molecule has 1 aliphatic heterocycles. The number of anilines is 2. The fourth-order valence-corrected chi connectivity index (χ4v) is 4.59. The molecule has 0 unspecified atom stereocenters. The van der Waals surface area contributed by atoms with Gasteiger partial charge in [-0.15, -0.1) is 0 Å². The maximum Gasteiger partial charge on any atom is 0.261 e. The van der Waals surface area contributed by atoms with E-state index in [1.807, 2.05) is 49.4 Å². The van der Waals surface area contributed by atoms with Gasteiger partial charge in [0.2, 0.25) is 0 Å². The smallest absolute Gasteiger partial charge is 0.261 e. The maximum absolute atomic E-state index is 13.2. The molecular weight excluding hydrogens is 432 g/mol. The van der Waals surface area contributed by atoms with Gasteiger partial charge in [0.25, 0.3) is 5.91 Å². The third kappa shape index (κ3) is 3.71. The number of methoxy groups -OCH3 is 2. The Morgan fingerprint density at radius 1 is 1.09 bits per heavy atom. The Bertz CT molecular complexity index is 1310. The van der Waals surface area contributed by atoms with Gasteiger partial charge in [-0.3, -0.25) is 9.59 Å². The van der Waals surface area contributed by atoms with E-state index in [0.29, 0.717) is 40.6 Å². The number of aromatic nitrogens is 2. The number of rotatable bonds is 5. The summed E-state index contributed by atoms with van der Waals surface area (Å²) < 4.78 is 12.6. The van der Waals surface area contributed by atoms with Crippen molar-refractivity contribution in [2.45, 2.75) is 32.2 Å². The lowest BCUT2D eigenvalue weighted by atomic mass is 9.85. The monoisotopic (exact) mass is 458 g/mol.